The molecule has 0 saturated heterocycles. The van der Waals surface area contributed by atoms with Crippen molar-refractivity contribution in [1.29, 1.82) is 0 Å². The lowest BCUT2D eigenvalue weighted by atomic mass is 10.2. The lowest BCUT2D eigenvalue weighted by molar-refractivity contribution is -0.116. The molecule has 5 nitrogen and oxygen atoms in total. The maximum Gasteiger partial charge on any atom is 0.226 e. The molecule has 0 atom stereocenters. The molecule has 0 fully saturated rings. The number of hydrogen-bond donors (Lipinski definition) is 1. The Morgan fingerprint density at radius 2 is 2.14 bits per heavy atom. The van der Waals surface area contributed by atoms with E-state index in [0.717, 1.165) is 16.9 Å². The highest BCUT2D eigenvalue weighted by Gasteiger charge is 2.07. The average molecular weight is 312 g/mol. The standard InChI is InChI=1S/C16H16N4OS/c1-12-11-22-16(18-12)19-15(21)8-7-13-9-17-20(10-13)14-5-3-2-4-6-14/h2-6,9-11H,7-8H2,1H3,(H,18,19,21). The van der Waals surface area contributed by atoms with E-state index in [1.165, 1.54) is 11.3 Å². The molecule has 1 N–H and O–H groups in total. The zero-order chi connectivity index (χ0) is 15.4. The van der Waals surface area contributed by atoms with Gasteiger partial charge in [0.2, 0.25) is 5.91 Å². The first-order valence-electron chi connectivity index (χ1n) is 7.01. The van der Waals surface area contributed by atoms with Crippen molar-refractivity contribution < 1.29 is 4.79 Å². The van der Waals surface area contributed by atoms with Crippen LogP contribution < -0.4 is 5.32 Å². The number of aryl methyl sites for hydroxylation is 2. The van der Waals surface area contributed by atoms with Crippen LogP contribution in [0.25, 0.3) is 5.69 Å². The number of anilines is 1. The summed E-state index contributed by atoms with van der Waals surface area (Å²) in [5.74, 6) is -0.0261. The van der Waals surface area contributed by atoms with Crippen molar-refractivity contribution in [2.24, 2.45) is 0 Å². The highest BCUT2D eigenvalue weighted by atomic mass is 32.1. The molecule has 0 aliphatic heterocycles. The first-order valence-corrected chi connectivity index (χ1v) is 7.89. The fourth-order valence-corrected chi connectivity index (χ4v) is 2.77. The molecule has 0 unspecified atom stereocenters. The monoisotopic (exact) mass is 312 g/mol. The van der Waals surface area contributed by atoms with Crippen molar-refractivity contribution in [3.8, 4) is 5.69 Å². The van der Waals surface area contributed by atoms with E-state index >= 15 is 0 Å². The van der Waals surface area contributed by atoms with E-state index < -0.39 is 0 Å². The van der Waals surface area contributed by atoms with E-state index in [1.807, 2.05) is 53.5 Å². The van der Waals surface area contributed by atoms with Gasteiger partial charge in [-0.3, -0.25) is 4.79 Å². The van der Waals surface area contributed by atoms with E-state index in [4.69, 9.17) is 0 Å². The van der Waals surface area contributed by atoms with Gasteiger partial charge in [-0.25, -0.2) is 9.67 Å². The van der Waals surface area contributed by atoms with Crippen LogP contribution >= 0.6 is 11.3 Å². The first-order chi connectivity index (χ1) is 10.7. The predicted molar refractivity (Wildman–Crippen MR) is 87.4 cm³/mol. The molecule has 1 amide bonds. The number of carbonyl (C=O) groups is 1. The van der Waals surface area contributed by atoms with Gasteiger partial charge in [-0.05, 0) is 31.0 Å². The van der Waals surface area contributed by atoms with E-state index in [1.54, 1.807) is 6.20 Å². The molecule has 3 aromatic rings. The van der Waals surface area contributed by atoms with Crippen LogP contribution in [0.4, 0.5) is 5.13 Å². The van der Waals surface area contributed by atoms with Gasteiger partial charge in [0, 0.05) is 18.0 Å². The molecular weight excluding hydrogens is 296 g/mol. The Balaban J connectivity index is 1.56. The van der Waals surface area contributed by atoms with Crippen molar-refractivity contribution in [3.63, 3.8) is 0 Å². The van der Waals surface area contributed by atoms with Gasteiger partial charge in [0.1, 0.15) is 0 Å². The quantitative estimate of drug-likeness (QED) is 0.787. The molecule has 0 aliphatic rings. The van der Waals surface area contributed by atoms with E-state index in [2.05, 4.69) is 15.4 Å². The Hall–Kier alpha value is -2.47. The van der Waals surface area contributed by atoms with Crippen molar-refractivity contribution in [3.05, 3.63) is 59.4 Å². The van der Waals surface area contributed by atoms with Crippen LogP contribution in [0.1, 0.15) is 17.7 Å². The molecule has 0 spiro atoms. The van der Waals surface area contributed by atoms with Gasteiger partial charge < -0.3 is 5.32 Å². The third-order valence-corrected chi connectivity index (χ3v) is 4.04. The summed E-state index contributed by atoms with van der Waals surface area (Å²) in [4.78, 5) is 16.1. The van der Waals surface area contributed by atoms with Gasteiger partial charge in [-0.15, -0.1) is 11.3 Å². The van der Waals surface area contributed by atoms with Crippen molar-refractivity contribution in [2.75, 3.05) is 5.32 Å². The van der Waals surface area contributed by atoms with Gasteiger partial charge in [-0.1, -0.05) is 18.2 Å². The Morgan fingerprint density at radius 1 is 1.32 bits per heavy atom. The summed E-state index contributed by atoms with van der Waals surface area (Å²) in [7, 11) is 0. The molecule has 0 aliphatic carbocycles. The topological polar surface area (TPSA) is 59.8 Å². The smallest absolute Gasteiger partial charge is 0.226 e. The Bertz CT molecular complexity index is 763. The summed E-state index contributed by atoms with van der Waals surface area (Å²) in [6.45, 7) is 1.91. The number of amides is 1. The predicted octanol–water partition coefficient (Wildman–Crippen LogP) is 3.21. The number of aromatic nitrogens is 3. The summed E-state index contributed by atoms with van der Waals surface area (Å²) >= 11 is 1.44. The number of hydrogen-bond acceptors (Lipinski definition) is 4. The summed E-state index contributed by atoms with van der Waals surface area (Å²) in [6, 6.07) is 9.90. The second-order valence-electron chi connectivity index (χ2n) is 4.97. The lowest BCUT2D eigenvalue weighted by Crippen LogP contribution is -2.12. The maximum absolute atomic E-state index is 11.9. The number of para-hydroxylation sites is 1. The number of benzene rings is 1. The molecular formula is C16H16N4OS. The average Bonchev–Trinajstić information content (AvgIpc) is 3.15. The first kappa shape index (κ1) is 14.5. The number of nitrogens with one attached hydrogen (secondary N) is 1. The van der Waals surface area contributed by atoms with Crippen LogP contribution in [-0.4, -0.2) is 20.7 Å². The number of rotatable bonds is 5. The molecule has 3 rings (SSSR count). The van der Waals surface area contributed by atoms with Crippen LogP contribution in [0.15, 0.2) is 48.1 Å². The normalized spacial score (nSPS) is 10.6. The fraction of sp³-hybridized carbons (Fsp3) is 0.188. The molecule has 0 radical (unpaired) electrons. The van der Waals surface area contributed by atoms with Gasteiger partial charge >= 0.3 is 0 Å². The van der Waals surface area contributed by atoms with Crippen molar-refractivity contribution in [1.82, 2.24) is 14.8 Å². The van der Waals surface area contributed by atoms with Gasteiger partial charge in [0.15, 0.2) is 5.13 Å². The summed E-state index contributed by atoms with van der Waals surface area (Å²) in [6.07, 6.45) is 4.83. The summed E-state index contributed by atoms with van der Waals surface area (Å²) in [5, 5.41) is 9.71. The van der Waals surface area contributed by atoms with Crippen molar-refractivity contribution in [2.45, 2.75) is 19.8 Å². The van der Waals surface area contributed by atoms with Crippen LogP contribution in [0, 0.1) is 6.92 Å². The third kappa shape index (κ3) is 3.59. The molecule has 2 aromatic heterocycles. The maximum atomic E-state index is 11.9. The zero-order valence-corrected chi connectivity index (χ0v) is 13.0. The Labute approximate surface area is 132 Å². The molecule has 2 heterocycles. The second-order valence-corrected chi connectivity index (χ2v) is 5.83. The van der Waals surface area contributed by atoms with Crippen LogP contribution in [0.3, 0.4) is 0 Å². The molecule has 0 saturated carbocycles. The fourth-order valence-electron chi connectivity index (χ4n) is 2.06. The van der Waals surface area contributed by atoms with Gasteiger partial charge in [0.05, 0.1) is 17.6 Å². The van der Waals surface area contributed by atoms with E-state index in [-0.39, 0.29) is 5.91 Å². The lowest BCUT2D eigenvalue weighted by Gasteiger charge is -2.01. The Morgan fingerprint density at radius 3 is 2.86 bits per heavy atom. The minimum absolute atomic E-state index is 0.0261. The second kappa shape index (κ2) is 6.53. The minimum Gasteiger partial charge on any atom is -0.302 e. The largest absolute Gasteiger partial charge is 0.302 e. The summed E-state index contributed by atoms with van der Waals surface area (Å²) in [5.41, 5.74) is 2.97. The van der Waals surface area contributed by atoms with E-state index in [9.17, 15) is 4.79 Å². The van der Waals surface area contributed by atoms with Crippen LogP contribution in [0.5, 0.6) is 0 Å². The molecule has 22 heavy (non-hydrogen) atoms. The molecule has 6 heteroatoms. The number of thiazole rings is 1. The molecule has 0 bridgehead atoms. The highest BCUT2D eigenvalue weighted by Crippen LogP contribution is 2.15. The van der Waals surface area contributed by atoms with Gasteiger partial charge in [0.25, 0.3) is 0 Å². The highest BCUT2D eigenvalue weighted by molar-refractivity contribution is 7.13. The number of carbonyl (C=O) groups excluding carboxylic acids is 1. The third-order valence-electron chi connectivity index (χ3n) is 3.16. The van der Waals surface area contributed by atoms with Crippen LogP contribution in [0.2, 0.25) is 0 Å². The minimum atomic E-state index is -0.0261. The number of nitrogens with zero attached hydrogens (tertiary/aromatic N) is 3. The van der Waals surface area contributed by atoms with Crippen molar-refractivity contribution >= 4 is 22.4 Å². The van der Waals surface area contributed by atoms with E-state index in [0.29, 0.717) is 18.0 Å². The molecule has 1 aromatic carbocycles. The molecule has 112 valence electrons. The van der Waals surface area contributed by atoms with Crippen LogP contribution in [-0.2, 0) is 11.2 Å². The SMILES string of the molecule is Cc1csc(NC(=O)CCc2cnn(-c3ccccc3)c2)n1. The van der Waals surface area contributed by atoms with Gasteiger partial charge in [-0.2, -0.15) is 5.10 Å². The Kier molecular flexibility index (Phi) is 4.29. The summed E-state index contributed by atoms with van der Waals surface area (Å²) < 4.78 is 1.82. The zero-order valence-electron chi connectivity index (χ0n) is 12.2.